The number of rotatable bonds is 3. The molecule has 1 saturated heterocycles. The van der Waals surface area contributed by atoms with Crippen molar-refractivity contribution < 1.29 is 9.53 Å². The van der Waals surface area contributed by atoms with Gasteiger partial charge in [0, 0.05) is 17.5 Å². The Bertz CT molecular complexity index is 414. The number of halogens is 1. The maximum absolute atomic E-state index is 12.4. The van der Waals surface area contributed by atoms with Gasteiger partial charge in [0.1, 0.15) is 5.75 Å². The molecule has 1 fully saturated rings. The predicted octanol–water partition coefficient (Wildman–Crippen LogP) is 2.53. The molecule has 1 atom stereocenters. The lowest BCUT2D eigenvalue weighted by Gasteiger charge is -2.22. The molecule has 2 rings (SSSR count). The van der Waals surface area contributed by atoms with Crippen molar-refractivity contribution in [2.45, 2.75) is 12.8 Å². The second-order valence-corrected chi connectivity index (χ2v) is 4.69. The highest BCUT2D eigenvalue weighted by Gasteiger charge is 2.24. The molecule has 1 heterocycles. The Morgan fingerprint density at radius 2 is 2.35 bits per heavy atom. The van der Waals surface area contributed by atoms with Crippen molar-refractivity contribution in [1.29, 1.82) is 0 Å². The van der Waals surface area contributed by atoms with Gasteiger partial charge in [0.25, 0.3) is 0 Å². The Morgan fingerprint density at radius 3 is 3.00 bits per heavy atom. The molecule has 0 radical (unpaired) electrons. The van der Waals surface area contributed by atoms with Gasteiger partial charge in [-0.3, -0.25) is 4.79 Å². The highest BCUT2D eigenvalue weighted by molar-refractivity contribution is 6.31. The minimum Gasteiger partial charge on any atom is -0.496 e. The van der Waals surface area contributed by atoms with E-state index in [-0.39, 0.29) is 11.7 Å². The molecule has 0 aliphatic carbocycles. The standard InChI is InChI=1S/C13H16ClNO2/c1-17-12-5-4-10(14)7-11(12)13(16)9-3-2-6-15-8-9/h4-5,7,9,15H,2-3,6,8H2,1H3/t9-/m0/s1. The minimum atomic E-state index is 0.0381. The number of piperidine rings is 1. The quantitative estimate of drug-likeness (QED) is 0.842. The Labute approximate surface area is 106 Å². The Balaban J connectivity index is 2.25. The van der Waals surface area contributed by atoms with Crippen molar-refractivity contribution in [1.82, 2.24) is 5.32 Å². The number of hydrogen-bond donors (Lipinski definition) is 1. The molecule has 1 aromatic rings. The first-order valence-corrected chi connectivity index (χ1v) is 6.18. The lowest BCUT2D eigenvalue weighted by molar-refractivity contribution is 0.0896. The molecule has 0 spiro atoms. The minimum absolute atomic E-state index is 0.0381. The summed E-state index contributed by atoms with van der Waals surface area (Å²) < 4.78 is 5.21. The van der Waals surface area contributed by atoms with Gasteiger partial charge in [-0.15, -0.1) is 0 Å². The molecular formula is C13H16ClNO2. The van der Waals surface area contributed by atoms with E-state index in [0.717, 1.165) is 25.9 Å². The summed E-state index contributed by atoms with van der Waals surface area (Å²) in [5.41, 5.74) is 0.591. The maximum Gasteiger partial charge on any atom is 0.170 e. The van der Waals surface area contributed by atoms with E-state index in [9.17, 15) is 4.79 Å². The third kappa shape index (κ3) is 2.79. The van der Waals surface area contributed by atoms with E-state index < -0.39 is 0 Å². The van der Waals surface area contributed by atoms with Crippen molar-refractivity contribution >= 4 is 17.4 Å². The SMILES string of the molecule is COc1ccc(Cl)cc1C(=O)[C@H]1CCCNC1. The van der Waals surface area contributed by atoms with Crippen LogP contribution in [0.5, 0.6) is 5.75 Å². The number of carbonyl (C=O) groups is 1. The molecule has 1 aliphatic heterocycles. The summed E-state index contributed by atoms with van der Waals surface area (Å²) in [5.74, 6) is 0.762. The van der Waals surface area contributed by atoms with Crippen molar-refractivity contribution in [2.75, 3.05) is 20.2 Å². The van der Waals surface area contributed by atoms with Crippen molar-refractivity contribution in [3.63, 3.8) is 0 Å². The van der Waals surface area contributed by atoms with E-state index in [2.05, 4.69) is 5.32 Å². The zero-order chi connectivity index (χ0) is 12.3. The highest BCUT2D eigenvalue weighted by Crippen LogP contribution is 2.27. The van der Waals surface area contributed by atoms with E-state index in [1.165, 1.54) is 0 Å². The maximum atomic E-state index is 12.4. The van der Waals surface area contributed by atoms with E-state index in [1.54, 1.807) is 25.3 Å². The summed E-state index contributed by atoms with van der Waals surface area (Å²) in [4.78, 5) is 12.4. The van der Waals surface area contributed by atoms with Crippen LogP contribution in [0.2, 0.25) is 5.02 Å². The third-order valence-corrected chi connectivity index (χ3v) is 3.33. The van der Waals surface area contributed by atoms with E-state index >= 15 is 0 Å². The molecule has 17 heavy (non-hydrogen) atoms. The predicted molar refractivity (Wildman–Crippen MR) is 67.9 cm³/mol. The first-order chi connectivity index (χ1) is 8.22. The number of ether oxygens (including phenoxy) is 1. The van der Waals surface area contributed by atoms with Crippen LogP contribution in [0, 0.1) is 5.92 Å². The van der Waals surface area contributed by atoms with E-state index in [1.807, 2.05) is 0 Å². The summed E-state index contributed by atoms with van der Waals surface area (Å²) in [6, 6.07) is 5.17. The van der Waals surface area contributed by atoms with Gasteiger partial charge in [0.2, 0.25) is 0 Å². The number of nitrogens with one attached hydrogen (secondary N) is 1. The number of hydrogen-bond acceptors (Lipinski definition) is 3. The van der Waals surface area contributed by atoms with Crippen LogP contribution in [-0.4, -0.2) is 26.0 Å². The smallest absolute Gasteiger partial charge is 0.170 e. The average Bonchev–Trinajstić information content (AvgIpc) is 2.39. The Kier molecular flexibility index (Phi) is 4.02. The molecule has 1 aliphatic rings. The molecule has 0 aromatic heterocycles. The zero-order valence-electron chi connectivity index (χ0n) is 9.83. The Hall–Kier alpha value is -1.06. The number of ketones is 1. The fraction of sp³-hybridized carbons (Fsp3) is 0.462. The highest BCUT2D eigenvalue weighted by atomic mass is 35.5. The van der Waals surface area contributed by atoms with Crippen LogP contribution in [0.15, 0.2) is 18.2 Å². The molecule has 4 heteroatoms. The summed E-state index contributed by atoms with van der Waals surface area (Å²) in [5, 5.41) is 3.81. The van der Waals surface area contributed by atoms with Gasteiger partial charge in [-0.25, -0.2) is 0 Å². The molecule has 92 valence electrons. The van der Waals surface area contributed by atoms with E-state index in [0.29, 0.717) is 16.3 Å². The molecule has 0 bridgehead atoms. The van der Waals surface area contributed by atoms with Crippen molar-refractivity contribution in [3.8, 4) is 5.75 Å². The van der Waals surface area contributed by atoms with Crippen LogP contribution in [0.4, 0.5) is 0 Å². The fourth-order valence-electron chi connectivity index (χ4n) is 2.17. The largest absolute Gasteiger partial charge is 0.496 e. The van der Waals surface area contributed by atoms with Gasteiger partial charge >= 0.3 is 0 Å². The lowest BCUT2D eigenvalue weighted by Crippen LogP contribution is -2.34. The summed E-state index contributed by atoms with van der Waals surface area (Å²) in [6.45, 7) is 1.74. The monoisotopic (exact) mass is 253 g/mol. The van der Waals surface area contributed by atoms with Gasteiger partial charge in [-0.1, -0.05) is 11.6 Å². The second kappa shape index (κ2) is 5.52. The molecule has 0 unspecified atom stereocenters. The lowest BCUT2D eigenvalue weighted by atomic mass is 9.90. The van der Waals surface area contributed by atoms with Crippen LogP contribution < -0.4 is 10.1 Å². The number of Topliss-reactive ketones (excluding diaryl/α,β-unsaturated/α-hetero) is 1. The van der Waals surface area contributed by atoms with Crippen LogP contribution in [0.1, 0.15) is 23.2 Å². The third-order valence-electron chi connectivity index (χ3n) is 3.09. The fourth-order valence-corrected chi connectivity index (χ4v) is 2.34. The van der Waals surface area contributed by atoms with Crippen molar-refractivity contribution in [2.24, 2.45) is 5.92 Å². The number of benzene rings is 1. The van der Waals surface area contributed by atoms with Gasteiger partial charge in [-0.05, 0) is 37.6 Å². The average molecular weight is 254 g/mol. The molecular weight excluding hydrogens is 238 g/mol. The summed E-state index contributed by atoms with van der Waals surface area (Å²) >= 11 is 5.93. The summed E-state index contributed by atoms with van der Waals surface area (Å²) in [7, 11) is 1.57. The zero-order valence-corrected chi connectivity index (χ0v) is 10.6. The topological polar surface area (TPSA) is 38.3 Å². The molecule has 3 nitrogen and oxygen atoms in total. The Morgan fingerprint density at radius 1 is 1.53 bits per heavy atom. The first-order valence-electron chi connectivity index (χ1n) is 5.81. The van der Waals surface area contributed by atoms with Gasteiger partial charge in [0.05, 0.1) is 12.7 Å². The van der Waals surface area contributed by atoms with Crippen molar-refractivity contribution in [3.05, 3.63) is 28.8 Å². The van der Waals surface area contributed by atoms with Crippen LogP contribution >= 0.6 is 11.6 Å². The summed E-state index contributed by atoms with van der Waals surface area (Å²) in [6.07, 6.45) is 1.97. The number of carbonyl (C=O) groups excluding carboxylic acids is 1. The van der Waals surface area contributed by atoms with E-state index in [4.69, 9.17) is 16.3 Å². The van der Waals surface area contributed by atoms with Crippen LogP contribution in [0.3, 0.4) is 0 Å². The second-order valence-electron chi connectivity index (χ2n) is 4.25. The van der Waals surface area contributed by atoms with Gasteiger partial charge in [-0.2, -0.15) is 0 Å². The van der Waals surface area contributed by atoms with Crippen LogP contribution in [-0.2, 0) is 0 Å². The first kappa shape index (κ1) is 12.4. The number of methoxy groups -OCH3 is 1. The molecule has 0 amide bonds. The molecule has 0 saturated carbocycles. The van der Waals surface area contributed by atoms with Gasteiger partial charge in [0.15, 0.2) is 5.78 Å². The molecule has 1 N–H and O–H groups in total. The normalized spacial score (nSPS) is 20.0. The van der Waals surface area contributed by atoms with Gasteiger partial charge < -0.3 is 10.1 Å². The molecule has 1 aromatic carbocycles. The van der Waals surface area contributed by atoms with Crippen LogP contribution in [0.25, 0.3) is 0 Å².